The number of aryl methyl sites for hydroxylation is 1. The van der Waals surface area contributed by atoms with Crippen LogP contribution < -0.4 is 10.1 Å². The normalized spacial score (nSPS) is 23.6. The van der Waals surface area contributed by atoms with Gasteiger partial charge in [0.2, 0.25) is 11.8 Å². The Kier molecular flexibility index (Phi) is 8.76. The molecule has 3 rings (SSSR count). The molecular formula is C25H39N3O3. The number of nitrogens with one attached hydrogen (secondary N) is 1. The Labute approximate surface area is 187 Å². The van der Waals surface area contributed by atoms with Crippen LogP contribution in [-0.4, -0.2) is 67.0 Å². The van der Waals surface area contributed by atoms with Crippen molar-refractivity contribution < 1.29 is 14.3 Å². The molecule has 2 fully saturated rings. The van der Waals surface area contributed by atoms with Crippen molar-refractivity contribution in [1.82, 2.24) is 15.1 Å². The summed E-state index contributed by atoms with van der Waals surface area (Å²) in [4.78, 5) is 29.8. The lowest BCUT2D eigenvalue weighted by Gasteiger charge is -2.33. The zero-order valence-electron chi connectivity index (χ0n) is 19.4. The fourth-order valence-corrected chi connectivity index (χ4v) is 4.78. The van der Waals surface area contributed by atoms with Crippen LogP contribution >= 0.6 is 0 Å². The summed E-state index contributed by atoms with van der Waals surface area (Å²) < 4.78 is 5.19. The largest absolute Gasteiger partial charge is 0.497 e. The topological polar surface area (TPSA) is 61.9 Å². The van der Waals surface area contributed by atoms with Crippen LogP contribution in [-0.2, 0) is 16.0 Å². The lowest BCUT2D eigenvalue weighted by molar-refractivity contribution is -0.131. The number of carbonyl (C=O) groups excluding carboxylic acids is 2. The van der Waals surface area contributed by atoms with E-state index in [-0.39, 0.29) is 17.9 Å². The maximum Gasteiger partial charge on any atom is 0.237 e. The maximum absolute atomic E-state index is 12.8. The van der Waals surface area contributed by atoms with Crippen LogP contribution in [0.1, 0.15) is 57.9 Å². The Morgan fingerprint density at radius 1 is 1.06 bits per heavy atom. The molecule has 1 aliphatic carbocycles. The van der Waals surface area contributed by atoms with Gasteiger partial charge in [0.25, 0.3) is 0 Å². The molecule has 1 saturated heterocycles. The van der Waals surface area contributed by atoms with Gasteiger partial charge in [0.15, 0.2) is 0 Å². The molecule has 1 aromatic carbocycles. The molecule has 3 atom stereocenters. The lowest BCUT2D eigenvalue weighted by atomic mass is 9.86. The first kappa shape index (κ1) is 23.6. The van der Waals surface area contributed by atoms with E-state index in [0.29, 0.717) is 24.9 Å². The molecule has 1 N–H and O–H groups in total. The Balaban J connectivity index is 1.45. The second-order valence-electron chi connectivity index (χ2n) is 9.17. The number of rotatable bonds is 7. The van der Waals surface area contributed by atoms with Crippen molar-refractivity contribution >= 4 is 11.8 Å². The lowest BCUT2D eigenvalue weighted by Crippen LogP contribution is -2.51. The van der Waals surface area contributed by atoms with Gasteiger partial charge in [0.05, 0.1) is 13.2 Å². The van der Waals surface area contributed by atoms with Crippen LogP contribution in [0.2, 0.25) is 0 Å². The highest BCUT2D eigenvalue weighted by molar-refractivity contribution is 5.81. The van der Waals surface area contributed by atoms with Crippen molar-refractivity contribution in [1.29, 1.82) is 0 Å². The molecule has 0 spiro atoms. The number of hydrogen-bond donors (Lipinski definition) is 1. The van der Waals surface area contributed by atoms with Crippen LogP contribution in [0.25, 0.3) is 0 Å². The van der Waals surface area contributed by atoms with Crippen molar-refractivity contribution in [2.45, 2.75) is 70.9 Å². The number of carbonyl (C=O) groups is 2. The van der Waals surface area contributed by atoms with Gasteiger partial charge < -0.3 is 15.0 Å². The highest BCUT2D eigenvalue weighted by atomic mass is 16.5. The number of nitrogens with zero attached hydrogens (tertiary/aromatic N) is 2. The van der Waals surface area contributed by atoms with Gasteiger partial charge in [0, 0.05) is 38.6 Å². The Hall–Kier alpha value is -2.08. The first-order valence-corrected chi connectivity index (χ1v) is 11.9. The first-order valence-electron chi connectivity index (χ1n) is 11.9. The maximum atomic E-state index is 12.8. The monoisotopic (exact) mass is 429 g/mol. The number of benzene rings is 1. The Bertz CT molecular complexity index is 721. The van der Waals surface area contributed by atoms with E-state index in [0.717, 1.165) is 50.2 Å². The third-order valence-corrected chi connectivity index (χ3v) is 7.04. The molecule has 0 aromatic heterocycles. The fraction of sp³-hybridized carbons (Fsp3) is 0.680. The molecule has 1 heterocycles. The zero-order chi connectivity index (χ0) is 22.2. The molecule has 3 unspecified atom stereocenters. The minimum Gasteiger partial charge on any atom is -0.497 e. The summed E-state index contributed by atoms with van der Waals surface area (Å²) in [6, 6.07) is 8.07. The summed E-state index contributed by atoms with van der Waals surface area (Å²) in [6.07, 6.45) is 6.94. The summed E-state index contributed by atoms with van der Waals surface area (Å²) in [6.45, 7) is 7.32. The van der Waals surface area contributed by atoms with Crippen molar-refractivity contribution in [3.63, 3.8) is 0 Å². The van der Waals surface area contributed by atoms with Gasteiger partial charge >= 0.3 is 0 Å². The van der Waals surface area contributed by atoms with Crippen LogP contribution in [0.15, 0.2) is 24.3 Å². The van der Waals surface area contributed by atoms with E-state index in [9.17, 15) is 9.59 Å². The predicted molar refractivity (Wildman–Crippen MR) is 123 cm³/mol. The van der Waals surface area contributed by atoms with Crippen molar-refractivity contribution in [2.75, 3.05) is 33.3 Å². The van der Waals surface area contributed by atoms with Gasteiger partial charge in [-0.25, -0.2) is 0 Å². The summed E-state index contributed by atoms with van der Waals surface area (Å²) >= 11 is 0. The predicted octanol–water partition coefficient (Wildman–Crippen LogP) is 3.25. The van der Waals surface area contributed by atoms with Crippen molar-refractivity contribution in [3.05, 3.63) is 29.8 Å². The molecule has 1 aromatic rings. The molecule has 2 aliphatic rings. The average Bonchev–Trinajstić information content (AvgIpc) is 3.05. The average molecular weight is 430 g/mol. The second kappa shape index (κ2) is 11.5. The Morgan fingerprint density at radius 3 is 2.52 bits per heavy atom. The zero-order valence-corrected chi connectivity index (χ0v) is 19.4. The molecule has 1 aliphatic heterocycles. The molecule has 0 bridgehead atoms. The summed E-state index contributed by atoms with van der Waals surface area (Å²) in [5.74, 6) is 1.73. The molecule has 6 nitrogen and oxygen atoms in total. The first-order chi connectivity index (χ1) is 15.0. The number of ether oxygens (including phenoxy) is 1. The van der Waals surface area contributed by atoms with Gasteiger partial charge in [-0.05, 0) is 56.2 Å². The standard InChI is InChI=1S/C25H39N3O3/c1-19-7-4-5-8-23(19)26-25(30)20(2)27-15-6-16-28(18-17-27)24(29)14-11-21-9-12-22(31-3)13-10-21/h9-10,12-13,19-20,23H,4-8,11,14-18H2,1-3H3,(H,26,30). The minimum absolute atomic E-state index is 0.137. The highest BCUT2D eigenvalue weighted by Crippen LogP contribution is 2.24. The van der Waals surface area contributed by atoms with Gasteiger partial charge in [0.1, 0.15) is 5.75 Å². The SMILES string of the molecule is COc1ccc(CCC(=O)N2CCCN(C(C)C(=O)NC3CCCCC3C)CC2)cc1. The van der Waals surface area contributed by atoms with Gasteiger partial charge in [-0.1, -0.05) is 31.9 Å². The molecule has 6 heteroatoms. The van der Waals surface area contributed by atoms with Gasteiger partial charge in [-0.2, -0.15) is 0 Å². The fourth-order valence-electron chi connectivity index (χ4n) is 4.78. The van der Waals surface area contributed by atoms with Gasteiger partial charge in [-0.3, -0.25) is 14.5 Å². The summed E-state index contributed by atoms with van der Waals surface area (Å²) in [5.41, 5.74) is 1.15. The van der Waals surface area contributed by atoms with E-state index in [1.54, 1.807) is 7.11 Å². The summed E-state index contributed by atoms with van der Waals surface area (Å²) in [7, 11) is 1.65. The van der Waals surface area contributed by atoms with Crippen molar-refractivity contribution in [3.8, 4) is 5.75 Å². The number of amides is 2. The molecule has 0 radical (unpaired) electrons. The van der Waals surface area contributed by atoms with E-state index in [2.05, 4.69) is 17.1 Å². The van der Waals surface area contributed by atoms with E-state index >= 15 is 0 Å². The number of methoxy groups -OCH3 is 1. The van der Waals surface area contributed by atoms with Crippen molar-refractivity contribution in [2.24, 2.45) is 5.92 Å². The van der Waals surface area contributed by atoms with Crippen LogP contribution in [0.5, 0.6) is 5.75 Å². The van der Waals surface area contributed by atoms with Crippen LogP contribution in [0.4, 0.5) is 0 Å². The molecular weight excluding hydrogens is 390 g/mol. The van der Waals surface area contributed by atoms with E-state index in [1.807, 2.05) is 36.1 Å². The van der Waals surface area contributed by atoms with Crippen LogP contribution in [0.3, 0.4) is 0 Å². The van der Waals surface area contributed by atoms with E-state index < -0.39 is 0 Å². The van der Waals surface area contributed by atoms with E-state index in [4.69, 9.17) is 4.74 Å². The quantitative estimate of drug-likeness (QED) is 0.723. The molecule has 31 heavy (non-hydrogen) atoms. The summed E-state index contributed by atoms with van der Waals surface area (Å²) in [5, 5.41) is 3.30. The molecule has 1 saturated carbocycles. The Morgan fingerprint density at radius 2 is 1.81 bits per heavy atom. The third-order valence-electron chi connectivity index (χ3n) is 7.04. The smallest absolute Gasteiger partial charge is 0.237 e. The third kappa shape index (κ3) is 6.70. The van der Waals surface area contributed by atoms with Crippen LogP contribution in [0, 0.1) is 5.92 Å². The molecule has 2 amide bonds. The molecule has 172 valence electrons. The second-order valence-corrected chi connectivity index (χ2v) is 9.17. The van der Waals surface area contributed by atoms with Gasteiger partial charge in [-0.15, -0.1) is 0 Å². The van der Waals surface area contributed by atoms with E-state index in [1.165, 1.54) is 19.3 Å². The minimum atomic E-state index is -0.150. The highest BCUT2D eigenvalue weighted by Gasteiger charge is 2.29. The number of hydrogen-bond acceptors (Lipinski definition) is 4.